The maximum absolute atomic E-state index is 10.0. The minimum absolute atomic E-state index is 0.102. The topological polar surface area (TPSA) is 111 Å². The van der Waals surface area contributed by atoms with Crippen molar-refractivity contribution in [3.05, 3.63) is 41.7 Å². The van der Waals surface area contributed by atoms with Gasteiger partial charge in [-0.25, -0.2) is 10.1 Å². The lowest BCUT2D eigenvalue weighted by atomic mass is 10.1. The number of ether oxygens (including phenoxy) is 1. The van der Waals surface area contributed by atoms with E-state index in [0.29, 0.717) is 29.5 Å². The molecule has 0 spiro atoms. The summed E-state index contributed by atoms with van der Waals surface area (Å²) in [4.78, 5) is 0. The largest absolute Gasteiger partial charge is 0.504 e. The zero-order chi connectivity index (χ0) is 16.1. The van der Waals surface area contributed by atoms with Crippen LogP contribution < -0.4 is 16.0 Å². The third-order valence-electron chi connectivity index (χ3n) is 3.00. The molecule has 0 fully saturated rings. The van der Waals surface area contributed by atoms with E-state index in [4.69, 9.17) is 10.6 Å². The molecule has 0 bridgehead atoms. The third-order valence-corrected chi connectivity index (χ3v) is 3.00. The van der Waals surface area contributed by atoms with Crippen LogP contribution in [0.5, 0.6) is 11.5 Å². The van der Waals surface area contributed by atoms with E-state index in [0.717, 1.165) is 5.56 Å². The van der Waals surface area contributed by atoms with Gasteiger partial charge in [-0.05, 0) is 31.0 Å². The second-order valence-corrected chi connectivity index (χ2v) is 4.53. The second kappa shape index (κ2) is 6.61. The Hall–Kier alpha value is -3.03. The highest BCUT2D eigenvalue weighted by Crippen LogP contribution is 2.31. The fourth-order valence-corrected chi connectivity index (χ4v) is 1.84. The normalized spacial score (nSPS) is 10.8. The Kier molecular flexibility index (Phi) is 4.62. The first-order valence-electron chi connectivity index (χ1n) is 6.53. The molecular weight excluding hydrogens is 284 g/mol. The molecule has 8 nitrogen and oxygen atoms in total. The molecule has 116 valence electrons. The fourth-order valence-electron chi connectivity index (χ4n) is 1.84. The molecule has 0 amide bonds. The molecule has 2 rings (SSSR count). The van der Waals surface area contributed by atoms with Crippen molar-refractivity contribution in [3.63, 3.8) is 0 Å². The van der Waals surface area contributed by atoms with Crippen LogP contribution in [-0.2, 0) is 6.42 Å². The number of allylic oxidation sites excluding steroid dienone is 1. The summed E-state index contributed by atoms with van der Waals surface area (Å²) in [5.41, 5.74) is 4.15. The summed E-state index contributed by atoms with van der Waals surface area (Å²) >= 11 is 0. The van der Waals surface area contributed by atoms with Crippen LogP contribution in [0, 0.1) is 6.92 Å². The maximum atomic E-state index is 10.0. The number of anilines is 1. The van der Waals surface area contributed by atoms with E-state index in [9.17, 15) is 5.11 Å². The lowest BCUT2D eigenvalue weighted by Crippen LogP contribution is -2.13. The summed E-state index contributed by atoms with van der Waals surface area (Å²) in [5, 5.41) is 21.7. The number of hydrogen-bond donors (Lipinski definition) is 3. The molecule has 8 heteroatoms. The molecule has 0 radical (unpaired) electrons. The van der Waals surface area contributed by atoms with Gasteiger partial charge in [0, 0.05) is 5.56 Å². The van der Waals surface area contributed by atoms with Crippen molar-refractivity contribution in [1.82, 2.24) is 14.9 Å². The molecule has 2 aromatic rings. The van der Waals surface area contributed by atoms with Crippen LogP contribution in [-0.4, -0.2) is 33.3 Å². The highest BCUT2D eigenvalue weighted by Gasteiger charge is 2.09. The van der Waals surface area contributed by atoms with Crippen molar-refractivity contribution in [2.24, 2.45) is 5.10 Å². The molecule has 4 N–H and O–H groups in total. The van der Waals surface area contributed by atoms with Crippen molar-refractivity contribution in [1.29, 1.82) is 0 Å². The van der Waals surface area contributed by atoms with Gasteiger partial charge in [0.2, 0.25) is 0 Å². The van der Waals surface area contributed by atoms with Gasteiger partial charge >= 0.3 is 0 Å². The number of aryl methyl sites for hydroxylation is 1. The van der Waals surface area contributed by atoms with Crippen LogP contribution in [0.25, 0.3) is 0 Å². The quantitative estimate of drug-likeness (QED) is 0.320. The highest BCUT2D eigenvalue weighted by atomic mass is 16.5. The van der Waals surface area contributed by atoms with Crippen molar-refractivity contribution in [2.45, 2.75) is 13.3 Å². The summed E-state index contributed by atoms with van der Waals surface area (Å²) in [6.45, 7) is 5.40. The zero-order valence-electron chi connectivity index (χ0n) is 12.4. The maximum Gasteiger partial charge on any atom is 0.263 e. The Balaban J connectivity index is 2.21. The van der Waals surface area contributed by atoms with Crippen LogP contribution >= 0.6 is 0 Å². The smallest absolute Gasteiger partial charge is 0.263 e. The molecule has 1 aromatic heterocycles. The van der Waals surface area contributed by atoms with E-state index >= 15 is 0 Å². The number of methoxy groups -OCH3 is 1. The van der Waals surface area contributed by atoms with Crippen LogP contribution in [0.3, 0.4) is 0 Å². The number of phenolic OH excluding ortho intramolecular Hbond substituents is 1. The predicted molar refractivity (Wildman–Crippen MR) is 84.7 cm³/mol. The number of nitrogens with zero attached hydrogens (tertiary/aromatic N) is 4. The van der Waals surface area contributed by atoms with Crippen LogP contribution in [0.2, 0.25) is 0 Å². The number of nitrogen functional groups attached to an aromatic ring is 1. The van der Waals surface area contributed by atoms with Crippen molar-refractivity contribution in [2.75, 3.05) is 18.4 Å². The number of nitrogens with one attached hydrogen (secondary N) is 1. The first kappa shape index (κ1) is 15.4. The number of aromatic hydroxyl groups is 1. The van der Waals surface area contributed by atoms with Gasteiger partial charge in [-0.1, -0.05) is 6.08 Å². The molecule has 0 aliphatic rings. The van der Waals surface area contributed by atoms with E-state index in [1.54, 1.807) is 31.3 Å². The van der Waals surface area contributed by atoms with Crippen molar-refractivity contribution >= 4 is 12.2 Å². The van der Waals surface area contributed by atoms with Crippen LogP contribution in [0.1, 0.15) is 17.0 Å². The van der Waals surface area contributed by atoms with E-state index in [1.807, 2.05) is 0 Å². The first-order chi connectivity index (χ1) is 10.6. The SMILES string of the molecule is C=CCc1cc(C=NNc2nnc(C)n2N)cc(OC)c1O. The van der Waals surface area contributed by atoms with Crippen molar-refractivity contribution in [3.8, 4) is 11.5 Å². The minimum Gasteiger partial charge on any atom is -0.504 e. The Morgan fingerprint density at radius 3 is 2.86 bits per heavy atom. The Labute approximate surface area is 127 Å². The predicted octanol–water partition coefficient (Wildman–Crippen LogP) is 1.19. The average Bonchev–Trinajstić information content (AvgIpc) is 2.82. The summed E-state index contributed by atoms with van der Waals surface area (Å²) in [7, 11) is 1.49. The standard InChI is InChI=1S/C14H18N6O2/c1-4-5-11-6-10(7-12(22-3)13(11)21)8-16-18-14-19-17-9(2)20(14)15/h4,6-8,21H,1,5,15H2,2-3H3,(H,18,19). The van der Waals surface area contributed by atoms with Crippen LogP contribution in [0.15, 0.2) is 29.9 Å². The van der Waals surface area contributed by atoms with E-state index < -0.39 is 0 Å². The summed E-state index contributed by atoms with van der Waals surface area (Å²) in [6.07, 6.45) is 3.79. The van der Waals surface area contributed by atoms with Gasteiger partial charge in [0.05, 0.1) is 13.3 Å². The van der Waals surface area contributed by atoms with Gasteiger partial charge in [-0.15, -0.1) is 16.8 Å². The van der Waals surface area contributed by atoms with Crippen molar-refractivity contribution < 1.29 is 9.84 Å². The lowest BCUT2D eigenvalue weighted by Gasteiger charge is -2.09. The van der Waals surface area contributed by atoms with Gasteiger partial charge in [-0.2, -0.15) is 5.10 Å². The zero-order valence-corrected chi connectivity index (χ0v) is 12.4. The van der Waals surface area contributed by atoms with E-state index in [1.165, 1.54) is 11.8 Å². The minimum atomic E-state index is 0.102. The molecule has 1 heterocycles. The molecule has 22 heavy (non-hydrogen) atoms. The molecule has 0 atom stereocenters. The Bertz CT molecular complexity index is 708. The fraction of sp³-hybridized carbons (Fsp3) is 0.214. The monoisotopic (exact) mass is 302 g/mol. The lowest BCUT2D eigenvalue weighted by molar-refractivity contribution is 0.371. The number of rotatable bonds is 6. The Morgan fingerprint density at radius 1 is 1.50 bits per heavy atom. The molecule has 0 aliphatic carbocycles. The number of nitrogens with two attached hydrogens (primary N) is 1. The number of benzene rings is 1. The van der Waals surface area contributed by atoms with Gasteiger partial charge in [0.25, 0.3) is 5.95 Å². The van der Waals surface area contributed by atoms with Gasteiger partial charge in [-0.3, -0.25) is 0 Å². The third kappa shape index (κ3) is 3.17. The number of hydrogen-bond acceptors (Lipinski definition) is 7. The average molecular weight is 302 g/mol. The van der Waals surface area contributed by atoms with Gasteiger partial charge in [0.1, 0.15) is 0 Å². The molecule has 1 aromatic carbocycles. The van der Waals surface area contributed by atoms with E-state index in [-0.39, 0.29) is 5.75 Å². The van der Waals surface area contributed by atoms with Gasteiger partial charge in [0.15, 0.2) is 17.3 Å². The Morgan fingerprint density at radius 2 is 2.27 bits per heavy atom. The van der Waals surface area contributed by atoms with E-state index in [2.05, 4.69) is 27.3 Å². The molecule has 0 aliphatic heterocycles. The molecule has 0 unspecified atom stereocenters. The second-order valence-electron chi connectivity index (χ2n) is 4.53. The summed E-state index contributed by atoms with van der Waals surface area (Å²) in [6, 6.07) is 3.47. The molecule has 0 saturated heterocycles. The number of phenols is 1. The summed E-state index contributed by atoms with van der Waals surface area (Å²) < 4.78 is 6.44. The molecule has 0 saturated carbocycles. The van der Waals surface area contributed by atoms with Gasteiger partial charge < -0.3 is 15.7 Å². The number of aromatic nitrogens is 3. The first-order valence-corrected chi connectivity index (χ1v) is 6.53. The molecular formula is C14H18N6O2. The summed E-state index contributed by atoms with van der Waals surface area (Å²) in [5.74, 6) is 7.07. The number of hydrazone groups is 1. The highest BCUT2D eigenvalue weighted by molar-refractivity contribution is 5.82. The van der Waals surface area contributed by atoms with Crippen LogP contribution in [0.4, 0.5) is 5.95 Å².